The van der Waals surface area contributed by atoms with Gasteiger partial charge in [-0.05, 0) is 0 Å². The van der Waals surface area contributed by atoms with Crippen LogP contribution in [0.1, 0.15) is 25.7 Å². The van der Waals surface area contributed by atoms with Gasteiger partial charge in [0.05, 0.1) is 0 Å². The SMILES string of the molecule is N#CC1CC2=C(CCC2)[Se]1. The fourth-order valence-corrected chi connectivity index (χ4v) is 4.36. The number of allylic oxidation sites excluding steroid dienone is 2. The Morgan fingerprint density at radius 3 is 3.10 bits per heavy atom. The summed E-state index contributed by atoms with van der Waals surface area (Å²) in [6, 6.07) is 2.38. The van der Waals surface area contributed by atoms with Gasteiger partial charge in [0, 0.05) is 0 Å². The second-order valence-electron chi connectivity index (χ2n) is 2.82. The van der Waals surface area contributed by atoms with E-state index >= 15 is 0 Å². The quantitative estimate of drug-likeness (QED) is 0.545. The van der Waals surface area contributed by atoms with Crippen molar-refractivity contribution in [1.29, 1.82) is 5.26 Å². The molecular formula is C8H9NSe. The van der Waals surface area contributed by atoms with Crippen molar-refractivity contribution in [2.75, 3.05) is 0 Å². The van der Waals surface area contributed by atoms with E-state index in [9.17, 15) is 0 Å². The van der Waals surface area contributed by atoms with E-state index in [1.54, 1.807) is 10.0 Å². The van der Waals surface area contributed by atoms with Crippen LogP contribution in [0.25, 0.3) is 0 Å². The molecule has 0 bridgehead atoms. The van der Waals surface area contributed by atoms with Crippen molar-refractivity contribution in [3.63, 3.8) is 0 Å². The Bertz CT molecular complexity index is 208. The first-order valence-electron chi connectivity index (χ1n) is 3.67. The van der Waals surface area contributed by atoms with Gasteiger partial charge in [-0.3, -0.25) is 0 Å². The maximum atomic E-state index is 8.66. The molecule has 2 aliphatic rings. The molecule has 1 aliphatic carbocycles. The van der Waals surface area contributed by atoms with Crippen molar-refractivity contribution in [1.82, 2.24) is 0 Å². The van der Waals surface area contributed by atoms with Crippen LogP contribution in [0.15, 0.2) is 10.0 Å². The average Bonchev–Trinajstić information content (AvgIpc) is 2.42. The topological polar surface area (TPSA) is 23.8 Å². The summed E-state index contributed by atoms with van der Waals surface area (Å²) in [5.74, 6) is 0. The molecule has 0 saturated carbocycles. The van der Waals surface area contributed by atoms with E-state index in [1.165, 1.54) is 19.3 Å². The first-order chi connectivity index (χ1) is 4.90. The second-order valence-corrected chi connectivity index (χ2v) is 5.54. The molecule has 1 unspecified atom stereocenters. The molecule has 0 aromatic heterocycles. The summed E-state index contributed by atoms with van der Waals surface area (Å²) in [6.45, 7) is 0. The molecule has 0 spiro atoms. The third-order valence-electron chi connectivity index (χ3n) is 2.14. The standard InChI is InChI=1S/C8H9NSe/c9-5-7-4-6-2-1-3-8(6)10-7/h7H,1-4H2. The molecule has 0 aromatic carbocycles. The minimum absolute atomic E-state index is 0.401. The van der Waals surface area contributed by atoms with Crippen LogP contribution in [0.4, 0.5) is 0 Å². The molecule has 10 heavy (non-hydrogen) atoms. The predicted molar refractivity (Wildman–Crippen MR) is 40.6 cm³/mol. The number of rotatable bonds is 0. The summed E-state index contributed by atoms with van der Waals surface area (Å²) in [4.78, 5) is 0.401. The van der Waals surface area contributed by atoms with Crippen LogP contribution < -0.4 is 0 Å². The van der Waals surface area contributed by atoms with Crippen molar-refractivity contribution in [2.45, 2.75) is 30.5 Å². The van der Waals surface area contributed by atoms with Gasteiger partial charge in [0.1, 0.15) is 0 Å². The van der Waals surface area contributed by atoms with Crippen molar-refractivity contribution >= 4 is 15.0 Å². The fourth-order valence-electron chi connectivity index (χ4n) is 1.65. The van der Waals surface area contributed by atoms with E-state index in [0.717, 1.165) is 6.42 Å². The Morgan fingerprint density at radius 2 is 2.40 bits per heavy atom. The van der Waals surface area contributed by atoms with Gasteiger partial charge in [0.25, 0.3) is 0 Å². The number of nitriles is 1. The molecule has 52 valence electrons. The summed E-state index contributed by atoms with van der Waals surface area (Å²) < 4.78 is 1.68. The molecule has 0 radical (unpaired) electrons. The van der Waals surface area contributed by atoms with Crippen molar-refractivity contribution in [2.24, 2.45) is 0 Å². The number of nitrogens with zero attached hydrogens (tertiary/aromatic N) is 1. The van der Waals surface area contributed by atoms with E-state index in [-0.39, 0.29) is 0 Å². The molecule has 0 fully saturated rings. The Morgan fingerprint density at radius 1 is 1.50 bits per heavy atom. The third-order valence-corrected chi connectivity index (χ3v) is 4.94. The molecule has 0 saturated heterocycles. The van der Waals surface area contributed by atoms with Crippen LogP contribution in [-0.4, -0.2) is 15.0 Å². The van der Waals surface area contributed by atoms with Crippen molar-refractivity contribution in [3.8, 4) is 6.07 Å². The van der Waals surface area contributed by atoms with Gasteiger partial charge in [-0.25, -0.2) is 0 Å². The van der Waals surface area contributed by atoms with Gasteiger partial charge in [0.15, 0.2) is 0 Å². The predicted octanol–water partition coefficient (Wildman–Crippen LogP) is 1.84. The molecule has 1 heterocycles. The van der Waals surface area contributed by atoms with Crippen LogP contribution in [0.5, 0.6) is 0 Å². The summed E-state index contributed by atoms with van der Waals surface area (Å²) in [5, 5.41) is 8.66. The molecule has 1 aliphatic heterocycles. The zero-order valence-electron chi connectivity index (χ0n) is 5.76. The Labute approximate surface area is 67.3 Å². The monoisotopic (exact) mass is 199 g/mol. The first kappa shape index (κ1) is 6.46. The van der Waals surface area contributed by atoms with E-state index in [1.807, 2.05) is 0 Å². The molecule has 0 N–H and O–H groups in total. The van der Waals surface area contributed by atoms with Crippen molar-refractivity contribution < 1.29 is 0 Å². The Hall–Kier alpha value is -0.251. The van der Waals surface area contributed by atoms with Gasteiger partial charge in [-0.2, -0.15) is 0 Å². The molecule has 0 aromatic rings. The zero-order valence-corrected chi connectivity index (χ0v) is 7.47. The van der Waals surface area contributed by atoms with Crippen LogP contribution in [0, 0.1) is 11.3 Å². The van der Waals surface area contributed by atoms with Gasteiger partial charge >= 0.3 is 66.8 Å². The minimum atomic E-state index is 0.401. The van der Waals surface area contributed by atoms with Gasteiger partial charge in [0.2, 0.25) is 0 Å². The summed E-state index contributed by atoms with van der Waals surface area (Å²) in [6.07, 6.45) is 5.10. The van der Waals surface area contributed by atoms with E-state index in [4.69, 9.17) is 5.26 Å². The van der Waals surface area contributed by atoms with Crippen LogP contribution in [0.3, 0.4) is 0 Å². The van der Waals surface area contributed by atoms with Crippen LogP contribution in [0.2, 0.25) is 4.82 Å². The molecule has 2 heteroatoms. The van der Waals surface area contributed by atoms with E-state index < -0.39 is 0 Å². The van der Waals surface area contributed by atoms with Gasteiger partial charge in [-0.15, -0.1) is 0 Å². The molecular weight excluding hydrogens is 189 g/mol. The van der Waals surface area contributed by atoms with E-state index in [2.05, 4.69) is 6.07 Å². The fraction of sp³-hybridized carbons (Fsp3) is 0.625. The normalized spacial score (nSPS) is 30.5. The van der Waals surface area contributed by atoms with Crippen molar-refractivity contribution in [3.05, 3.63) is 10.0 Å². The van der Waals surface area contributed by atoms with Crippen LogP contribution in [-0.2, 0) is 0 Å². The second kappa shape index (κ2) is 2.42. The maximum absolute atomic E-state index is 8.66. The summed E-state index contributed by atoms with van der Waals surface area (Å²) in [7, 11) is 0. The number of hydrogen-bond acceptors (Lipinski definition) is 1. The average molecular weight is 198 g/mol. The summed E-state index contributed by atoms with van der Waals surface area (Å²) >= 11 is 0.556. The zero-order chi connectivity index (χ0) is 6.97. The Kier molecular flexibility index (Phi) is 1.56. The molecule has 1 nitrogen and oxygen atoms in total. The number of hydrogen-bond donors (Lipinski definition) is 0. The summed E-state index contributed by atoms with van der Waals surface area (Å²) in [5.41, 5.74) is 1.64. The molecule has 0 amide bonds. The third kappa shape index (κ3) is 0.905. The van der Waals surface area contributed by atoms with Gasteiger partial charge in [-0.1, -0.05) is 0 Å². The van der Waals surface area contributed by atoms with Gasteiger partial charge < -0.3 is 0 Å². The molecule has 2 rings (SSSR count). The molecule has 1 atom stereocenters. The van der Waals surface area contributed by atoms with E-state index in [0.29, 0.717) is 19.8 Å². The Balaban J connectivity index is 2.11. The van der Waals surface area contributed by atoms with Crippen LogP contribution >= 0.6 is 0 Å². The first-order valence-corrected chi connectivity index (χ1v) is 5.52.